The predicted octanol–water partition coefficient (Wildman–Crippen LogP) is 5.32. The lowest BCUT2D eigenvalue weighted by Crippen LogP contribution is -2.51. The molecule has 5 heterocycles. The summed E-state index contributed by atoms with van der Waals surface area (Å²) in [4.78, 5) is 16.3. The minimum atomic E-state index is -2.78. The van der Waals surface area contributed by atoms with E-state index in [1.165, 1.54) is 31.3 Å². The molecule has 2 N–H and O–H groups in total. The predicted molar refractivity (Wildman–Crippen MR) is 167 cm³/mol. The number of fused-ring (bicyclic) bond motifs is 4. The van der Waals surface area contributed by atoms with Crippen molar-refractivity contribution >= 4 is 27.5 Å². The van der Waals surface area contributed by atoms with Crippen molar-refractivity contribution in [1.82, 2.24) is 25.2 Å². The van der Waals surface area contributed by atoms with Crippen LogP contribution in [0.3, 0.4) is 0 Å². The van der Waals surface area contributed by atoms with Crippen molar-refractivity contribution in [2.24, 2.45) is 5.41 Å². The number of ether oxygens (including phenoxy) is 1. The Morgan fingerprint density at radius 2 is 2.07 bits per heavy atom. The first-order valence-corrected chi connectivity index (χ1v) is 14.7. The first kappa shape index (κ1) is 23.9. The topological polar surface area (TPSA) is 86.6 Å². The molecule has 232 valence electrons. The van der Waals surface area contributed by atoms with Gasteiger partial charge < -0.3 is 25.0 Å². The number of hydrogen-bond donors (Lipinski definition) is 2. The van der Waals surface area contributed by atoms with Crippen molar-refractivity contribution in [3.8, 4) is 35.4 Å². The second-order valence-electron chi connectivity index (χ2n) is 12.1. The summed E-state index contributed by atoms with van der Waals surface area (Å²) in [6.07, 6.45) is 9.05. The van der Waals surface area contributed by atoms with Crippen LogP contribution in [0.25, 0.3) is 32.9 Å². The molecule has 0 amide bonds. The molecule has 45 heavy (non-hydrogen) atoms. The van der Waals surface area contributed by atoms with Gasteiger partial charge in [-0.05, 0) is 55.4 Å². The Morgan fingerprint density at radius 1 is 1.27 bits per heavy atom. The number of rotatable bonds is 5. The van der Waals surface area contributed by atoms with Gasteiger partial charge in [0.2, 0.25) is 0 Å². The Morgan fingerprint density at radius 3 is 2.80 bits per heavy atom. The fraction of sp³-hybridized carbons (Fsp3) is 0.382. The van der Waals surface area contributed by atoms with E-state index in [-0.39, 0.29) is 81.6 Å². The van der Waals surface area contributed by atoms with Crippen LogP contribution in [0.1, 0.15) is 38.6 Å². The number of aromatic hydroxyl groups is 1. The van der Waals surface area contributed by atoms with Crippen LogP contribution in [0.4, 0.5) is 19.0 Å². The third-order valence-corrected chi connectivity index (χ3v) is 8.98. The zero-order valence-corrected chi connectivity index (χ0v) is 24.4. The molecule has 0 radical (unpaired) electrons. The molecular weight excluding hydrogens is 581 g/mol. The molecule has 8 nitrogen and oxygen atoms in total. The fourth-order valence-electron chi connectivity index (χ4n) is 6.74. The molecule has 3 saturated heterocycles. The summed E-state index contributed by atoms with van der Waals surface area (Å²) in [5.41, 5.74) is -2.56. The number of likely N-dealkylation sites (tertiary alicyclic amines) is 1. The van der Waals surface area contributed by atoms with Gasteiger partial charge in [0, 0.05) is 64.9 Å². The van der Waals surface area contributed by atoms with Gasteiger partial charge in [-0.25, -0.2) is 13.2 Å². The Balaban J connectivity index is 1.40. The molecule has 3 aliphatic heterocycles. The number of hydrogen-bond acceptors (Lipinski definition) is 8. The normalized spacial score (nSPS) is 26.7. The monoisotopic (exact) mass is 619 g/mol. The van der Waals surface area contributed by atoms with E-state index in [9.17, 15) is 13.9 Å². The summed E-state index contributed by atoms with van der Waals surface area (Å²) in [5.74, 6) is 0.574. The minimum Gasteiger partial charge on any atom is -0.508 e. The molecule has 3 aliphatic rings. The average Bonchev–Trinajstić information content (AvgIpc) is 3.40. The number of piperidine rings is 1. The minimum absolute atomic E-state index is 0.00206. The highest BCUT2D eigenvalue weighted by atomic mass is 19.1. The van der Waals surface area contributed by atoms with Gasteiger partial charge in [-0.1, -0.05) is 18.9 Å². The summed E-state index contributed by atoms with van der Waals surface area (Å²) in [7, 11) is 0. The van der Waals surface area contributed by atoms with E-state index in [4.69, 9.17) is 18.0 Å². The number of nitrogens with zero attached hydrogens (tertiary/aromatic N) is 5. The third-order valence-electron chi connectivity index (χ3n) is 8.98. The highest BCUT2D eigenvalue weighted by Crippen LogP contribution is 2.40. The van der Waals surface area contributed by atoms with Gasteiger partial charge in [-0.15, -0.1) is 6.42 Å². The van der Waals surface area contributed by atoms with Gasteiger partial charge in [0.25, 0.3) is 0 Å². The molecule has 2 aromatic heterocycles. The number of piperazine rings is 1. The van der Waals surface area contributed by atoms with Crippen molar-refractivity contribution in [3.05, 3.63) is 59.6 Å². The Bertz CT molecular complexity index is 2100. The Kier molecular flexibility index (Phi) is 5.95. The molecule has 0 saturated carbocycles. The number of aromatic nitrogens is 3. The maximum atomic E-state index is 16.9. The van der Waals surface area contributed by atoms with Crippen molar-refractivity contribution in [2.75, 3.05) is 44.6 Å². The number of halogens is 3. The van der Waals surface area contributed by atoms with E-state index in [1.54, 1.807) is 0 Å². The van der Waals surface area contributed by atoms with E-state index in [0.29, 0.717) is 18.5 Å². The number of pyridine rings is 1. The van der Waals surface area contributed by atoms with Crippen molar-refractivity contribution in [3.63, 3.8) is 0 Å². The van der Waals surface area contributed by atoms with Crippen LogP contribution >= 0.6 is 0 Å². The summed E-state index contributed by atoms with van der Waals surface area (Å²) in [6.45, 7) is -3.41. The van der Waals surface area contributed by atoms with Gasteiger partial charge in [0.15, 0.2) is 5.82 Å². The van der Waals surface area contributed by atoms with Crippen LogP contribution in [0.15, 0.2) is 42.4 Å². The number of nitrogens with one attached hydrogen (secondary N) is 1. The van der Waals surface area contributed by atoms with Crippen LogP contribution in [0.5, 0.6) is 11.8 Å². The van der Waals surface area contributed by atoms with Crippen LogP contribution in [-0.4, -0.2) is 76.8 Å². The van der Waals surface area contributed by atoms with E-state index in [2.05, 4.69) is 26.2 Å². The first-order chi connectivity index (χ1) is 23.6. The third kappa shape index (κ3) is 5.12. The largest absolute Gasteiger partial charge is 0.508 e. The number of anilines is 1. The average molecular weight is 620 g/mol. The van der Waals surface area contributed by atoms with Crippen molar-refractivity contribution in [2.45, 2.75) is 38.3 Å². The number of phenols is 1. The van der Waals surface area contributed by atoms with E-state index in [1.807, 2.05) is 4.90 Å². The molecule has 0 spiro atoms. The van der Waals surface area contributed by atoms with Crippen LogP contribution in [0.2, 0.25) is 0 Å². The van der Waals surface area contributed by atoms with Gasteiger partial charge in [0.1, 0.15) is 35.2 Å². The standard InChI is InChI=1S/C34H33F3N6O2/c1-4-24-27(36)8-5-19-11-23(44)12-25(28(19)24)30-29(37)31-26(14-38-30)32(43-15-21-6-7-22(16-43)39-21)41-33(40-31)45-18-34(2)17-42(3)10-9-20(34)13-35/h1,5,8,11-14,21-22,39,44H,6-7,9-10,15-18H2,2-3H3/b20-13+/t21-,22+,34-/m0/s1/i3D3,18D2. The molecular formula is C34H33F3N6O2. The maximum Gasteiger partial charge on any atom is 0.319 e. The summed E-state index contributed by atoms with van der Waals surface area (Å²) in [5, 5.41) is 14.7. The molecule has 4 aromatic rings. The van der Waals surface area contributed by atoms with E-state index in [0.717, 1.165) is 23.8 Å². The van der Waals surface area contributed by atoms with E-state index < -0.39 is 43.1 Å². The lowest BCUT2D eigenvalue weighted by molar-refractivity contribution is 0.109. The van der Waals surface area contributed by atoms with Crippen LogP contribution in [0, 0.1) is 29.4 Å². The lowest BCUT2D eigenvalue weighted by Gasteiger charge is -2.40. The molecule has 2 aromatic carbocycles. The second-order valence-corrected chi connectivity index (χ2v) is 12.1. The van der Waals surface area contributed by atoms with Gasteiger partial charge in [-0.2, -0.15) is 9.97 Å². The number of phenolic OH excluding ortho intramolecular Hbond substituents is 1. The first-order valence-electron chi connectivity index (χ1n) is 17.2. The fourth-order valence-corrected chi connectivity index (χ4v) is 6.74. The van der Waals surface area contributed by atoms with Crippen LogP contribution in [-0.2, 0) is 0 Å². The van der Waals surface area contributed by atoms with Gasteiger partial charge >= 0.3 is 6.01 Å². The zero-order chi connectivity index (χ0) is 35.7. The second kappa shape index (κ2) is 11.2. The molecule has 7 rings (SSSR count). The number of benzene rings is 2. The summed E-state index contributed by atoms with van der Waals surface area (Å²) < 4.78 is 93.6. The van der Waals surface area contributed by atoms with E-state index >= 15 is 4.39 Å². The molecule has 3 atom stereocenters. The molecule has 3 fully saturated rings. The summed E-state index contributed by atoms with van der Waals surface area (Å²) in [6, 6.07) is 4.83. The van der Waals surface area contributed by atoms with Crippen LogP contribution < -0.4 is 15.0 Å². The summed E-state index contributed by atoms with van der Waals surface area (Å²) >= 11 is 0. The molecule has 2 bridgehead atoms. The SMILES string of the molecule is [2H]C([2H])([2H])N1CC/C(=C\F)[C@](C)(C([2H])([2H])Oc2nc(N3C[C@H]4CC[C@@H](C3)N4)c3cnc(-c4cc(O)cc5ccc(F)c(C#C)c45)c(F)c3n2)C1. The molecule has 0 unspecified atom stereocenters. The van der Waals surface area contributed by atoms with Gasteiger partial charge in [-0.3, -0.25) is 4.98 Å². The Hall–Kier alpha value is -4.40. The number of terminal acetylenes is 1. The van der Waals surface area contributed by atoms with Crippen molar-refractivity contribution in [1.29, 1.82) is 0 Å². The highest BCUT2D eigenvalue weighted by Gasteiger charge is 2.37. The Labute approximate surface area is 266 Å². The van der Waals surface area contributed by atoms with Gasteiger partial charge in [0.05, 0.1) is 20.0 Å². The lowest BCUT2D eigenvalue weighted by atomic mass is 9.78. The highest BCUT2D eigenvalue weighted by molar-refractivity contribution is 6.03. The zero-order valence-electron chi connectivity index (χ0n) is 29.4. The molecule has 0 aliphatic carbocycles. The molecule has 11 heteroatoms. The maximum absolute atomic E-state index is 16.9. The van der Waals surface area contributed by atoms with Crippen molar-refractivity contribution < 1.29 is 29.9 Å². The quantitative estimate of drug-likeness (QED) is 0.290. The smallest absolute Gasteiger partial charge is 0.319 e.